The highest BCUT2D eigenvalue weighted by Gasteiger charge is 2.34. The van der Waals surface area contributed by atoms with Crippen molar-refractivity contribution in [1.82, 2.24) is 9.21 Å². The highest BCUT2D eigenvalue weighted by Crippen LogP contribution is 2.27. The number of benzene rings is 2. The van der Waals surface area contributed by atoms with Gasteiger partial charge in [0, 0.05) is 49.3 Å². The standard InChI is InChI=1S/C19H20FN3O5S2/c20-15-5-1-3-7-17(15)29-14-9-19(24)21-10-12-22(13-11-21)30(27,28)18-8-4-2-6-16(18)23(25)26/h1-8H,9-14H2. The van der Waals surface area contributed by atoms with Crippen LogP contribution in [0.2, 0.25) is 0 Å². The Morgan fingerprint density at radius 1 is 1.07 bits per heavy atom. The second-order valence-electron chi connectivity index (χ2n) is 6.54. The van der Waals surface area contributed by atoms with E-state index in [0.717, 1.165) is 10.4 Å². The average Bonchev–Trinajstić information content (AvgIpc) is 2.75. The number of hydrogen-bond acceptors (Lipinski definition) is 6. The number of nitro benzene ring substituents is 1. The molecule has 1 amide bonds. The van der Waals surface area contributed by atoms with Crippen LogP contribution in [0.25, 0.3) is 0 Å². The van der Waals surface area contributed by atoms with Gasteiger partial charge in [-0.15, -0.1) is 11.8 Å². The van der Waals surface area contributed by atoms with Gasteiger partial charge in [0.15, 0.2) is 4.90 Å². The van der Waals surface area contributed by atoms with Crippen LogP contribution in [0.5, 0.6) is 0 Å². The zero-order valence-electron chi connectivity index (χ0n) is 15.9. The summed E-state index contributed by atoms with van der Waals surface area (Å²) in [6.07, 6.45) is 0.204. The molecule has 0 atom stereocenters. The Hall–Kier alpha value is -2.50. The van der Waals surface area contributed by atoms with E-state index in [1.807, 2.05) is 0 Å². The van der Waals surface area contributed by atoms with E-state index in [1.54, 1.807) is 23.1 Å². The number of piperazine rings is 1. The first-order valence-corrected chi connectivity index (χ1v) is 11.6. The number of carbonyl (C=O) groups is 1. The van der Waals surface area contributed by atoms with Crippen molar-refractivity contribution in [2.45, 2.75) is 16.2 Å². The lowest BCUT2D eigenvalue weighted by atomic mass is 10.3. The summed E-state index contributed by atoms with van der Waals surface area (Å²) in [6.45, 7) is 0.507. The van der Waals surface area contributed by atoms with Crippen LogP contribution in [0.4, 0.5) is 10.1 Å². The summed E-state index contributed by atoms with van der Waals surface area (Å²) in [5.74, 6) is -0.0561. The lowest BCUT2D eigenvalue weighted by molar-refractivity contribution is -0.387. The third-order valence-electron chi connectivity index (χ3n) is 4.68. The van der Waals surface area contributed by atoms with E-state index in [1.165, 1.54) is 36.0 Å². The van der Waals surface area contributed by atoms with Crippen molar-refractivity contribution >= 4 is 33.4 Å². The Kier molecular flexibility index (Phi) is 7.06. The SMILES string of the molecule is O=C(CCSc1ccccc1F)N1CCN(S(=O)(=O)c2ccccc2[N+](=O)[O-])CC1. The molecule has 0 spiro atoms. The van der Waals surface area contributed by atoms with Gasteiger partial charge in [0.1, 0.15) is 5.82 Å². The Morgan fingerprint density at radius 2 is 1.70 bits per heavy atom. The zero-order chi connectivity index (χ0) is 21.7. The molecule has 0 radical (unpaired) electrons. The molecular formula is C19H20FN3O5S2. The van der Waals surface area contributed by atoms with Gasteiger partial charge in [0.2, 0.25) is 15.9 Å². The van der Waals surface area contributed by atoms with E-state index in [4.69, 9.17) is 0 Å². The van der Waals surface area contributed by atoms with E-state index in [-0.39, 0.29) is 49.2 Å². The van der Waals surface area contributed by atoms with Crippen molar-refractivity contribution < 1.29 is 22.5 Å². The summed E-state index contributed by atoms with van der Waals surface area (Å²) < 4.78 is 40.4. The van der Waals surface area contributed by atoms with Crippen molar-refractivity contribution in [1.29, 1.82) is 0 Å². The highest BCUT2D eigenvalue weighted by atomic mass is 32.2. The predicted molar refractivity (Wildman–Crippen MR) is 110 cm³/mol. The molecule has 1 aliphatic heterocycles. The lowest BCUT2D eigenvalue weighted by Gasteiger charge is -2.34. The van der Waals surface area contributed by atoms with E-state index in [2.05, 4.69) is 0 Å². The summed E-state index contributed by atoms with van der Waals surface area (Å²) in [4.78, 5) is 24.5. The van der Waals surface area contributed by atoms with Gasteiger partial charge in [-0.1, -0.05) is 24.3 Å². The number of rotatable bonds is 7. The molecule has 0 N–H and O–H groups in total. The second kappa shape index (κ2) is 9.54. The number of thioether (sulfide) groups is 1. The molecule has 1 aliphatic rings. The first-order valence-electron chi connectivity index (χ1n) is 9.19. The smallest absolute Gasteiger partial charge is 0.289 e. The Morgan fingerprint density at radius 3 is 2.37 bits per heavy atom. The molecule has 2 aromatic rings. The summed E-state index contributed by atoms with van der Waals surface area (Å²) in [6, 6.07) is 11.6. The summed E-state index contributed by atoms with van der Waals surface area (Å²) in [5, 5.41) is 11.2. The van der Waals surface area contributed by atoms with Gasteiger partial charge in [0.05, 0.1) is 4.92 Å². The largest absolute Gasteiger partial charge is 0.340 e. The van der Waals surface area contributed by atoms with Gasteiger partial charge < -0.3 is 4.90 Å². The first-order chi connectivity index (χ1) is 14.3. The quantitative estimate of drug-likeness (QED) is 0.363. The normalized spacial score (nSPS) is 15.2. The third-order valence-corrected chi connectivity index (χ3v) is 7.68. The van der Waals surface area contributed by atoms with Crippen LogP contribution >= 0.6 is 11.8 Å². The first kappa shape index (κ1) is 22.2. The number of nitro groups is 1. The number of para-hydroxylation sites is 1. The molecule has 0 saturated carbocycles. The van der Waals surface area contributed by atoms with Crippen LogP contribution in [0.1, 0.15) is 6.42 Å². The summed E-state index contributed by atoms with van der Waals surface area (Å²) in [7, 11) is -4.04. The van der Waals surface area contributed by atoms with E-state index >= 15 is 0 Å². The van der Waals surface area contributed by atoms with Crippen LogP contribution < -0.4 is 0 Å². The highest BCUT2D eigenvalue weighted by molar-refractivity contribution is 7.99. The number of nitrogens with zero attached hydrogens (tertiary/aromatic N) is 3. The van der Waals surface area contributed by atoms with Crippen LogP contribution in [0.15, 0.2) is 58.3 Å². The minimum absolute atomic E-state index is 0.0561. The van der Waals surface area contributed by atoms with E-state index in [0.29, 0.717) is 10.6 Å². The van der Waals surface area contributed by atoms with Gasteiger partial charge in [-0.3, -0.25) is 14.9 Å². The van der Waals surface area contributed by atoms with Crippen molar-refractivity contribution in [3.05, 3.63) is 64.5 Å². The van der Waals surface area contributed by atoms with Crippen molar-refractivity contribution in [2.75, 3.05) is 31.9 Å². The van der Waals surface area contributed by atoms with Gasteiger partial charge in [0.25, 0.3) is 5.69 Å². The van der Waals surface area contributed by atoms with Gasteiger partial charge in [-0.2, -0.15) is 4.31 Å². The molecule has 11 heteroatoms. The molecule has 3 rings (SSSR count). The van der Waals surface area contributed by atoms with Crippen LogP contribution in [0, 0.1) is 15.9 Å². The Labute approximate surface area is 177 Å². The lowest BCUT2D eigenvalue weighted by Crippen LogP contribution is -2.50. The maximum absolute atomic E-state index is 13.6. The average molecular weight is 454 g/mol. The molecule has 8 nitrogen and oxygen atoms in total. The number of halogens is 1. The Balaban J connectivity index is 1.56. The van der Waals surface area contributed by atoms with E-state index < -0.39 is 20.6 Å². The number of sulfonamides is 1. The number of hydrogen-bond donors (Lipinski definition) is 0. The molecule has 0 unspecified atom stereocenters. The third kappa shape index (κ3) is 4.97. The molecule has 2 aromatic carbocycles. The van der Waals surface area contributed by atoms with Crippen molar-refractivity contribution in [3.8, 4) is 0 Å². The predicted octanol–water partition coefficient (Wildman–Crippen LogP) is 2.75. The fourth-order valence-corrected chi connectivity index (χ4v) is 5.57. The van der Waals surface area contributed by atoms with Crippen LogP contribution in [-0.4, -0.2) is 60.4 Å². The summed E-state index contributed by atoms with van der Waals surface area (Å²) >= 11 is 1.25. The molecule has 0 aliphatic carbocycles. The zero-order valence-corrected chi connectivity index (χ0v) is 17.6. The minimum Gasteiger partial charge on any atom is -0.340 e. The molecule has 30 heavy (non-hydrogen) atoms. The van der Waals surface area contributed by atoms with Gasteiger partial charge in [-0.05, 0) is 18.2 Å². The minimum atomic E-state index is -4.04. The fourth-order valence-electron chi connectivity index (χ4n) is 3.11. The topological polar surface area (TPSA) is 101 Å². The van der Waals surface area contributed by atoms with E-state index in [9.17, 15) is 27.7 Å². The molecule has 160 valence electrons. The Bertz CT molecular complexity index is 1040. The van der Waals surface area contributed by atoms with Gasteiger partial charge in [-0.25, -0.2) is 12.8 Å². The number of amides is 1. The molecule has 0 aromatic heterocycles. The van der Waals surface area contributed by atoms with Crippen LogP contribution in [0.3, 0.4) is 0 Å². The number of carbonyl (C=O) groups excluding carboxylic acids is 1. The maximum atomic E-state index is 13.6. The molecule has 1 saturated heterocycles. The molecule has 1 fully saturated rings. The molecule has 0 bridgehead atoms. The van der Waals surface area contributed by atoms with Gasteiger partial charge >= 0.3 is 0 Å². The maximum Gasteiger partial charge on any atom is 0.289 e. The summed E-state index contributed by atoms with van der Waals surface area (Å²) in [5.41, 5.74) is -0.471. The fraction of sp³-hybridized carbons (Fsp3) is 0.316. The van der Waals surface area contributed by atoms with Crippen molar-refractivity contribution in [3.63, 3.8) is 0 Å². The molecule has 1 heterocycles. The second-order valence-corrected chi connectivity index (χ2v) is 9.58. The monoisotopic (exact) mass is 453 g/mol. The van der Waals surface area contributed by atoms with Crippen molar-refractivity contribution in [2.24, 2.45) is 0 Å². The van der Waals surface area contributed by atoms with Crippen LogP contribution in [-0.2, 0) is 14.8 Å². The molecular weight excluding hydrogens is 433 g/mol.